The van der Waals surface area contributed by atoms with Crippen LogP contribution in [0.15, 0.2) is 24.4 Å². The quantitative estimate of drug-likeness (QED) is 0.675. The standard InChI is InChI=1S/C10H10N2O2/c1-7(13)8-3-4-10(14-2)12-9(8)5-6-11-12/h3-6H,1-2H3. The van der Waals surface area contributed by atoms with Crippen molar-refractivity contribution in [3.8, 4) is 5.88 Å². The lowest BCUT2D eigenvalue weighted by molar-refractivity contribution is 0.101. The van der Waals surface area contributed by atoms with Crippen LogP contribution < -0.4 is 4.74 Å². The summed E-state index contributed by atoms with van der Waals surface area (Å²) in [5, 5.41) is 4.07. The topological polar surface area (TPSA) is 43.6 Å². The first kappa shape index (κ1) is 8.74. The van der Waals surface area contributed by atoms with Gasteiger partial charge in [0.05, 0.1) is 18.8 Å². The molecule has 4 nitrogen and oxygen atoms in total. The molecule has 0 aliphatic carbocycles. The van der Waals surface area contributed by atoms with Gasteiger partial charge < -0.3 is 4.74 Å². The number of fused-ring (bicyclic) bond motifs is 1. The van der Waals surface area contributed by atoms with Crippen molar-refractivity contribution >= 4 is 11.3 Å². The van der Waals surface area contributed by atoms with Gasteiger partial charge in [0, 0.05) is 11.6 Å². The number of ketones is 1. The molecule has 0 aromatic carbocycles. The summed E-state index contributed by atoms with van der Waals surface area (Å²) in [5.41, 5.74) is 1.43. The minimum atomic E-state index is 0.0261. The Morgan fingerprint density at radius 3 is 2.86 bits per heavy atom. The lowest BCUT2D eigenvalue weighted by Crippen LogP contribution is -2.01. The van der Waals surface area contributed by atoms with Crippen LogP contribution in [0.25, 0.3) is 5.52 Å². The van der Waals surface area contributed by atoms with E-state index in [0.717, 1.165) is 5.52 Å². The first-order valence-corrected chi connectivity index (χ1v) is 4.25. The molecule has 0 atom stereocenters. The van der Waals surface area contributed by atoms with E-state index in [2.05, 4.69) is 5.10 Å². The Morgan fingerprint density at radius 1 is 1.43 bits per heavy atom. The average Bonchev–Trinajstić information content (AvgIpc) is 2.64. The highest BCUT2D eigenvalue weighted by atomic mass is 16.5. The van der Waals surface area contributed by atoms with Crippen molar-refractivity contribution in [2.24, 2.45) is 0 Å². The Labute approximate surface area is 81.1 Å². The molecular formula is C10H10N2O2. The Kier molecular flexibility index (Phi) is 1.96. The van der Waals surface area contributed by atoms with Gasteiger partial charge in [-0.05, 0) is 19.1 Å². The van der Waals surface area contributed by atoms with Crippen molar-refractivity contribution in [2.45, 2.75) is 6.92 Å². The van der Waals surface area contributed by atoms with E-state index < -0.39 is 0 Å². The maximum absolute atomic E-state index is 11.3. The molecule has 0 unspecified atom stereocenters. The third-order valence-corrected chi connectivity index (χ3v) is 2.11. The van der Waals surface area contributed by atoms with Crippen LogP contribution in [0, 0.1) is 0 Å². The molecule has 0 radical (unpaired) electrons. The van der Waals surface area contributed by atoms with E-state index >= 15 is 0 Å². The van der Waals surface area contributed by atoms with E-state index in [-0.39, 0.29) is 5.78 Å². The van der Waals surface area contributed by atoms with Crippen molar-refractivity contribution in [1.29, 1.82) is 0 Å². The maximum atomic E-state index is 11.3. The summed E-state index contributed by atoms with van der Waals surface area (Å²) in [6.07, 6.45) is 1.64. The summed E-state index contributed by atoms with van der Waals surface area (Å²) in [7, 11) is 1.57. The van der Waals surface area contributed by atoms with E-state index in [1.807, 2.05) is 0 Å². The fourth-order valence-electron chi connectivity index (χ4n) is 1.45. The SMILES string of the molecule is COc1ccc(C(C)=O)c2ccnn12. The summed E-state index contributed by atoms with van der Waals surface area (Å²) in [4.78, 5) is 11.3. The monoisotopic (exact) mass is 190 g/mol. The minimum Gasteiger partial charge on any atom is -0.481 e. The van der Waals surface area contributed by atoms with Gasteiger partial charge >= 0.3 is 0 Å². The van der Waals surface area contributed by atoms with Crippen LogP contribution in [-0.4, -0.2) is 22.5 Å². The van der Waals surface area contributed by atoms with Crippen LogP contribution in [0.1, 0.15) is 17.3 Å². The average molecular weight is 190 g/mol. The Balaban J connectivity index is 2.78. The number of carbonyl (C=O) groups is 1. The predicted molar refractivity (Wildman–Crippen MR) is 51.7 cm³/mol. The zero-order valence-corrected chi connectivity index (χ0v) is 8.02. The van der Waals surface area contributed by atoms with Crippen LogP contribution in [0.5, 0.6) is 5.88 Å². The van der Waals surface area contributed by atoms with Crippen molar-refractivity contribution < 1.29 is 9.53 Å². The van der Waals surface area contributed by atoms with Crippen LogP contribution in [0.2, 0.25) is 0 Å². The van der Waals surface area contributed by atoms with Gasteiger partial charge in [0.2, 0.25) is 5.88 Å². The molecule has 0 aliphatic rings. The predicted octanol–water partition coefficient (Wildman–Crippen LogP) is 1.55. The molecule has 72 valence electrons. The number of Topliss-reactive ketones (excluding diaryl/α,β-unsaturated/α-hetero) is 1. The number of methoxy groups -OCH3 is 1. The van der Waals surface area contributed by atoms with Crippen molar-refractivity contribution in [1.82, 2.24) is 9.61 Å². The molecule has 4 heteroatoms. The van der Waals surface area contributed by atoms with Gasteiger partial charge in [-0.3, -0.25) is 4.79 Å². The molecule has 2 heterocycles. The van der Waals surface area contributed by atoms with Crippen LogP contribution in [0.4, 0.5) is 0 Å². The van der Waals surface area contributed by atoms with Gasteiger partial charge in [-0.2, -0.15) is 5.10 Å². The minimum absolute atomic E-state index is 0.0261. The smallest absolute Gasteiger partial charge is 0.214 e. The normalized spacial score (nSPS) is 10.4. The van der Waals surface area contributed by atoms with Crippen LogP contribution in [-0.2, 0) is 0 Å². The van der Waals surface area contributed by atoms with E-state index in [1.54, 1.807) is 36.0 Å². The second-order valence-electron chi connectivity index (χ2n) is 2.97. The van der Waals surface area contributed by atoms with Crippen molar-refractivity contribution in [3.05, 3.63) is 30.0 Å². The first-order chi connectivity index (χ1) is 6.74. The summed E-state index contributed by atoms with van der Waals surface area (Å²) in [6, 6.07) is 5.27. The highest BCUT2D eigenvalue weighted by molar-refractivity contribution is 6.00. The molecule has 2 aromatic rings. The zero-order valence-electron chi connectivity index (χ0n) is 8.02. The van der Waals surface area contributed by atoms with E-state index in [4.69, 9.17) is 4.74 Å². The third-order valence-electron chi connectivity index (χ3n) is 2.11. The van der Waals surface area contributed by atoms with E-state index in [9.17, 15) is 4.79 Å². The fourth-order valence-corrected chi connectivity index (χ4v) is 1.45. The number of aromatic nitrogens is 2. The number of ether oxygens (including phenoxy) is 1. The van der Waals surface area contributed by atoms with Crippen LogP contribution in [0.3, 0.4) is 0 Å². The number of pyridine rings is 1. The second kappa shape index (κ2) is 3.14. The summed E-state index contributed by atoms with van der Waals surface area (Å²) in [6.45, 7) is 1.54. The van der Waals surface area contributed by atoms with Crippen molar-refractivity contribution in [3.63, 3.8) is 0 Å². The summed E-state index contributed by atoms with van der Waals surface area (Å²) < 4.78 is 6.72. The molecule has 0 amide bonds. The number of carbonyl (C=O) groups excluding carboxylic acids is 1. The van der Waals surface area contributed by atoms with E-state index in [0.29, 0.717) is 11.4 Å². The largest absolute Gasteiger partial charge is 0.481 e. The van der Waals surface area contributed by atoms with Crippen LogP contribution >= 0.6 is 0 Å². The lowest BCUT2D eigenvalue weighted by atomic mass is 10.1. The molecule has 0 aliphatic heterocycles. The van der Waals surface area contributed by atoms with Gasteiger partial charge in [-0.1, -0.05) is 0 Å². The molecule has 0 saturated heterocycles. The Bertz CT molecular complexity index is 488. The highest BCUT2D eigenvalue weighted by Crippen LogP contribution is 2.18. The summed E-state index contributed by atoms with van der Waals surface area (Å²) >= 11 is 0. The fraction of sp³-hybridized carbons (Fsp3) is 0.200. The Morgan fingerprint density at radius 2 is 2.21 bits per heavy atom. The first-order valence-electron chi connectivity index (χ1n) is 4.25. The molecule has 2 rings (SSSR count). The van der Waals surface area contributed by atoms with Gasteiger partial charge in [-0.25, -0.2) is 4.52 Å². The van der Waals surface area contributed by atoms with Gasteiger partial charge in [0.15, 0.2) is 5.78 Å². The second-order valence-corrected chi connectivity index (χ2v) is 2.97. The lowest BCUT2D eigenvalue weighted by Gasteiger charge is -2.05. The Hall–Kier alpha value is -1.84. The third kappa shape index (κ3) is 1.16. The molecule has 0 fully saturated rings. The maximum Gasteiger partial charge on any atom is 0.214 e. The molecule has 0 bridgehead atoms. The number of rotatable bonds is 2. The molecule has 2 aromatic heterocycles. The molecular weight excluding hydrogens is 180 g/mol. The van der Waals surface area contributed by atoms with E-state index in [1.165, 1.54) is 6.92 Å². The molecule has 0 spiro atoms. The van der Waals surface area contributed by atoms with Crippen molar-refractivity contribution in [2.75, 3.05) is 7.11 Å². The number of hydrogen-bond acceptors (Lipinski definition) is 3. The molecule has 0 saturated carbocycles. The highest BCUT2D eigenvalue weighted by Gasteiger charge is 2.09. The molecule has 14 heavy (non-hydrogen) atoms. The van der Waals surface area contributed by atoms with Gasteiger partial charge in [-0.15, -0.1) is 0 Å². The number of hydrogen-bond donors (Lipinski definition) is 0. The van der Waals surface area contributed by atoms with Gasteiger partial charge in [0.1, 0.15) is 0 Å². The zero-order chi connectivity index (χ0) is 10.1. The number of nitrogens with zero attached hydrogens (tertiary/aromatic N) is 2. The summed E-state index contributed by atoms with van der Waals surface area (Å²) in [5.74, 6) is 0.646. The van der Waals surface area contributed by atoms with Gasteiger partial charge in [0.25, 0.3) is 0 Å². The molecule has 0 N–H and O–H groups in total.